The summed E-state index contributed by atoms with van der Waals surface area (Å²) in [6, 6.07) is 17.5. The lowest BCUT2D eigenvalue weighted by atomic mass is 10.1. The third-order valence-electron chi connectivity index (χ3n) is 5.19. The number of allylic oxidation sites excluding steroid dienone is 4. The highest BCUT2D eigenvalue weighted by molar-refractivity contribution is 6.72. The summed E-state index contributed by atoms with van der Waals surface area (Å²) < 4.78 is 13.1. The average molecular weight is 349 g/mol. The van der Waals surface area contributed by atoms with E-state index in [0.717, 1.165) is 0 Å². The second kappa shape index (κ2) is 6.75. The minimum atomic E-state index is -2.61. The first-order valence-corrected chi connectivity index (χ1v) is 11.1. The molecule has 0 heterocycles. The van der Waals surface area contributed by atoms with E-state index >= 15 is 0 Å². The highest BCUT2D eigenvalue weighted by Gasteiger charge is 2.55. The first-order valence-electron chi connectivity index (χ1n) is 9.13. The third-order valence-corrected chi connectivity index (χ3v) is 9.41. The van der Waals surface area contributed by atoms with Crippen LogP contribution in [0.15, 0.2) is 72.8 Å². The van der Waals surface area contributed by atoms with Gasteiger partial charge in [-0.15, -0.1) is 0 Å². The molecule has 0 fully saturated rings. The summed E-state index contributed by atoms with van der Waals surface area (Å²) in [5.74, 6) is 0. The van der Waals surface area contributed by atoms with Gasteiger partial charge in [-0.25, -0.2) is 0 Å². The van der Waals surface area contributed by atoms with Crippen molar-refractivity contribution in [2.75, 3.05) is 13.2 Å². The molecule has 0 amide bonds. The standard InChI is InChI=1S/C22H24O2Si/c1-3-23-25(24-4-2,17-11-5-6-12-17)22-20-15-9-7-13-18(20)19-14-8-10-16-21(19)22/h5-17,22H,3-4H2,1-2H3. The molecule has 0 atom stereocenters. The van der Waals surface area contributed by atoms with Crippen molar-refractivity contribution in [2.24, 2.45) is 0 Å². The number of benzene rings is 2. The van der Waals surface area contributed by atoms with Crippen molar-refractivity contribution in [1.29, 1.82) is 0 Å². The Morgan fingerprint density at radius 1 is 0.760 bits per heavy atom. The molecule has 0 saturated carbocycles. The van der Waals surface area contributed by atoms with Gasteiger partial charge in [0.1, 0.15) is 0 Å². The molecule has 0 bridgehead atoms. The summed E-state index contributed by atoms with van der Waals surface area (Å²) in [6.45, 7) is 5.50. The van der Waals surface area contributed by atoms with Crippen molar-refractivity contribution in [3.8, 4) is 11.1 Å². The Hall–Kier alpha value is -1.94. The fourth-order valence-electron chi connectivity index (χ4n) is 4.33. The highest BCUT2D eigenvalue weighted by atomic mass is 28.4. The smallest absolute Gasteiger partial charge is 0.361 e. The van der Waals surface area contributed by atoms with E-state index in [4.69, 9.17) is 8.85 Å². The zero-order valence-electron chi connectivity index (χ0n) is 14.8. The van der Waals surface area contributed by atoms with Crippen LogP contribution < -0.4 is 0 Å². The van der Waals surface area contributed by atoms with Gasteiger partial charge in [0.05, 0.1) is 5.54 Å². The molecular weight excluding hydrogens is 324 g/mol. The van der Waals surface area contributed by atoms with E-state index in [0.29, 0.717) is 13.2 Å². The molecule has 128 valence electrons. The average Bonchev–Trinajstić information content (AvgIpc) is 3.28. The molecule has 0 aliphatic heterocycles. The van der Waals surface area contributed by atoms with E-state index in [-0.39, 0.29) is 11.1 Å². The molecule has 0 saturated heterocycles. The minimum absolute atomic E-state index is 0.192. The van der Waals surface area contributed by atoms with Crippen LogP contribution in [0.1, 0.15) is 30.5 Å². The van der Waals surface area contributed by atoms with Gasteiger partial charge < -0.3 is 8.85 Å². The van der Waals surface area contributed by atoms with Crippen LogP contribution in [0.4, 0.5) is 0 Å². The Bertz CT molecular complexity index is 761. The van der Waals surface area contributed by atoms with Gasteiger partial charge in [0.2, 0.25) is 0 Å². The van der Waals surface area contributed by atoms with E-state index < -0.39 is 8.56 Å². The number of fused-ring (bicyclic) bond motifs is 3. The molecule has 0 N–H and O–H groups in total. The van der Waals surface area contributed by atoms with E-state index in [1.807, 2.05) is 0 Å². The first-order chi connectivity index (χ1) is 12.3. The van der Waals surface area contributed by atoms with Crippen molar-refractivity contribution < 1.29 is 8.85 Å². The third kappa shape index (κ3) is 2.54. The van der Waals surface area contributed by atoms with Crippen LogP contribution in [0, 0.1) is 0 Å². The first kappa shape index (κ1) is 16.5. The monoisotopic (exact) mass is 348 g/mol. The van der Waals surface area contributed by atoms with E-state index in [1.165, 1.54) is 22.3 Å². The Morgan fingerprint density at radius 2 is 1.24 bits per heavy atom. The van der Waals surface area contributed by atoms with E-state index in [2.05, 4.69) is 86.7 Å². The largest absolute Gasteiger partial charge is 0.393 e. The molecule has 0 unspecified atom stereocenters. The van der Waals surface area contributed by atoms with Crippen LogP contribution in [0.3, 0.4) is 0 Å². The summed E-state index contributed by atoms with van der Waals surface area (Å²) in [6.07, 6.45) is 8.75. The Balaban J connectivity index is 1.95. The van der Waals surface area contributed by atoms with Crippen LogP contribution in [-0.2, 0) is 8.85 Å². The Morgan fingerprint density at radius 3 is 1.72 bits per heavy atom. The SMILES string of the molecule is CCO[Si](OCC)(C1C=CC=C1)C1c2ccccc2-c2ccccc21. The molecule has 3 heteroatoms. The van der Waals surface area contributed by atoms with Crippen LogP contribution in [0.5, 0.6) is 0 Å². The van der Waals surface area contributed by atoms with Gasteiger partial charge in [-0.3, -0.25) is 0 Å². The highest BCUT2D eigenvalue weighted by Crippen LogP contribution is 2.53. The maximum atomic E-state index is 6.57. The predicted octanol–water partition coefficient (Wildman–Crippen LogP) is 5.35. The van der Waals surface area contributed by atoms with E-state index in [9.17, 15) is 0 Å². The normalized spacial score (nSPS) is 16.4. The van der Waals surface area contributed by atoms with E-state index in [1.54, 1.807) is 0 Å². The van der Waals surface area contributed by atoms with Gasteiger partial charge >= 0.3 is 8.56 Å². The number of hydrogen-bond acceptors (Lipinski definition) is 2. The molecule has 0 aromatic heterocycles. The molecule has 2 aromatic rings. The fourth-order valence-corrected chi connectivity index (χ4v) is 8.55. The predicted molar refractivity (Wildman–Crippen MR) is 105 cm³/mol. The quantitative estimate of drug-likeness (QED) is 0.655. The van der Waals surface area contributed by atoms with Gasteiger partial charge in [-0.2, -0.15) is 0 Å². The second-order valence-corrected chi connectivity index (χ2v) is 9.75. The summed E-state index contributed by atoms with van der Waals surface area (Å²) >= 11 is 0. The molecule has 2 aromatic carbocycles. The lowest BCUT2D eigenvalue weighted by molar-refractivity contribution is 0.174. The lowest BCUT2D eigenvalue weighted by Gasteiger charge is -2.39. The van der Waals surface area contributed by atoms with Crippen molar-refractivity contribution in [2.45, 2.75) is 24.9 Å². The van der Waals surface area contributed by atoms with Gasteiger partial charge in [-0.05, 0) is 36.1 Å². The maximum Gasteiger partial charge on any atom is 0.361 e. The van der Waals surface area contributed by atoms with Crippen LogP contribution >= 0.6 is 0 Å². The number of rotatable bonds is 6. The van der Waals surface area contributed by atoms with Crippen LogP contribution in [-0.4, -0.2) is 21.8 Å². The molecule has 2 aliphatic rings. The van der Waals surface area contributed by atoms with Crippen molar-refractivity contribution in [3.05, 3.63) is 84.0 Å². The summed E-state index contributed by atoms with van der Waals surface area (Å²) in [5.41, 5.74) is 5.78. The summed E-state index contributed by atoms with van der Waals surface area (Å²) in [4.78, 5) is 0. The van der Waals surface area contributed by atoms with Crippen molar-refractivity contribution in [3.63, 3.8) is 0 Å². The second-order valence-electron chi connectivity index (χ2n) is 6.49. The van der Waals surface area contributed by atoms with Gasteiger partial charge in [-0.1, -0.05) is 72.8 Å². The Labute approximate surface area is 151 Å². The van der Waals surface area contributed by atoms with Crippen molar-refractivity contribution >= 4 is 8.56 Å². The summed E-state index contributed by atoms with van der Waals surface area (Å²) in [5, 5.41) is 0. The van der Waals surface area contributed by atoms with Crippen LogP contribution in [0.25, 0.3) is 11.1 Å². The topological polar surface area (TPSA) is 18.5 Å². The summed E-state index contributed by atoms with van der Waals surface area (Å²) in [7, 11) is -2.61. The number of hydrogen-bond donors (Lipinski definition) is 0. The molecule has 4 rings (SSSR count). The molecule has 0 spiro atoms. The zero-order chi connectivity index (χ0) is 17.3. The molecule has 2 aliphatic carbocycles. The van der Waals surface area contributed by atoms with Gasteiger partial charge in [0, 0.05) is 18.8 Å². The Kier molecular flexibility index (Phi) is 4.46. The van der Waals surface area contributed by atoms with Gasteiger partial charge in [0.15, 0.2) is 0 Å². The van der Waals surface area contributed by atoms with Crippen molar-refractivity contribution in [1.82, 2.24) is 0 Å². The molecule has 0 radical (unpaired) electrons. The molecule has 2 nitrogen and oxygen atoms in total. The fraction of sp³-hybridized carbons (Fsp3) is 0.273. The lowest BCUT2D eigenvalue weighted by Crippen LogP contribution is -2.51. The maximum absolute atomic E-state index is 6.57. The molecular formula is C22H24O2Si. The molecule has 25 heavy (non-hydrogen) atoms. The zero-order valence-corrected chi connectivity index (χ0v) is 15.8. The van der Waals surface area contributed by atoms with Gasteiger partial charge in [0.25, 0.3) is 0 Å². The van der Waals surface area contributed by atoms with Crippen LogP contribution in [0.2, 0.25) is 5.54 Å². The minimum Gasteiger partial charge on any atom is -0.393 e.